The van der Waals surface area contributed by atoms with Crippen LogP contribution < -0.4 is 14.9 Å². The summed E-state index contributed by atoms with van der Waals surface area (Å²) in [5, 5.41) is 27.2. The van der Waals surface area contributed by atoms with Crippen LogP contribution in [0.2, 0.25) is 5.02 Å². The summed E-state index contributed by atoms with van der Waals surface area (Å²) in [5.41, 5.74) is 2.74. The van der Waals surface area contributed by atoms with E-state index in [0.717, 1.165) is 11.0 Å². The van der Waals surface area contributed by atoms with Crippen LogP contribution in [0.15, 0.2) is 41.5 Å². The van der Waals surface area contributed by atoms with E-state index in [1.165, 1.54) is 12.1 Å². The van der Waals surface area contributed by atoms with Crippen LogP contribution in [0, 0.1) is 10.1 Å². The van der Waals surface area contributed by atoms with Crippen LogP contribution in [0.3, 0.4) is 0 Å². The largest absolute Gasteiger partial charge is 0.454 e. The molecule has 2 heterocycles. The van der Waals surface area contributed by atoms with Gasteiger partial charge in [0.2, 0.25) is 12.6 Å². The van der Waals surface area contributed by atoms with Gasteiger partial charge in [0.15, 0.2) is 11.5 Å². The third kappa shape index (κ3) is 4.03. The number of hydrogen-bond acceptors (Lipinski definition) is 9. The molecule has 1 N–H and O–H groups in total. The van der Waals surface area contributed by atoms with E-state index in [0.29, 0.717) is 16.3 Å². The van der Waals surface area contributed by atoms with Crippen molar-refractivity contribution < 1.29 is 19.2 Å². The fourth-order valence-corrected chi connectivity index (χ4v) is 2.83. The van der Waals surface area contributed by atoms with Gasteiger partial charge in [-0.05, 0) is 23.4 Å². The number of benzene rings is 2. The van der Waals surface area contributed by atoms with Crippen molar-refractivity contribution in [2.45, 2.75) is 6.54 Å². The molecule has 1 aliphatic rings. The number of nitrogens with one attached hydrogen (secondary N) is 1. The van der Waals surface area contributed by atoms with Crippen molar-refractivity contribution in [3.8, 4) is 22.9 Å². The van der Waals surface area contributed by atoms with Crippen LogP contribution in [0.1, 0.15) is 5.56 Å². The van der Waals surface area contributed by atoms with Crippen LogP contribution in [-0.2, 0) is 11.3 Å². The number of nitro groups is 1. The monoisotopic (exact) mass is 429 g/mol. The Hall–Kier alpha value is -4.06. The van der Waals surface area contributed by atoms with E-state index in [1.54, 1.807) is 24.3 Å². The number of rotatable bonds is 6. The molecule has 1 aromatic heterocycles. The summed E-state index contributed by atoms with van der Waals surface area (Å²) in [6.07, 6.45) is 1.14. The van der Waals surface area contributed by atoms with E-state index in [1.807, 2.05) is 0 Å². The molecular formula is C17H12ClN7O5. The average molecular weight is 430 g/mol. The molecule has 0 saturated carbocycles. The smallest absolute Gasteiger partial charge is 0.282 e. The first-order chi connectivity index (χ1) is 14.5. The Morgan fingerprint density at radius 2 is 2.10 bits per heavy atom. The van der Waals surface area contributed by atoms with E-state index in [-0.39, 0.29) is 36.2 Å². The van der Waals surface area contributed by atoms with Gasteiger partial charge in [-0.15, -0.1) is 10.2 Å². The number of amides is 1. The molecule has 0 saturated heterocycles. The van der Waals surface area contributed by atoms with Gasteiger partial charge < -0.3 is 9.47 Å². The van der Waals surface area contributed by atoms with Crippen molar-refractivity contribution in [2.75, 3.05) is 6.79 Å². The zero-order valence-electron chi connectivity index (χ0n) is 15.1. The number of fused-ring (bicyclic) bond motifs is 1. The summed E-state index contributed by atoms with van der Waals surface area (Å²) in [4.78, 5) is 23.8. The molecule has 12 nitrogen and oxygen atoms in total. The zero-order valence-corrected chi connectivity index (χ0v) is 15.8. The quantitative estimate of drug-likeness (QED) is 0.354. The topological polar surface area (TPSA) is 147 Å². The maximum atomic E-state index is 12.1. The van der Waals surface area contributed by atoms with Crippen LogP contribution in [0.5, 0.6) is 11.5 Å². The Morgan fingerprint density at radius 1 is 1.33 bits per heavy atom. The van der Waals surface area contributed by atoms with Gasteiger partial charge in [0, 0.05) is 5.56 Å². The summed E-state index contributed by atoms with van der Waals surface area (Å²) in [5.74, 6) is 0.340. The van der Waals surface area contributed by atoms with Crippen molar-refractivity contribution in [2.24, 2.45) is 5.10 Å². The van der Waals surface area contributed by atoms with Gasteiger partial charge >= 0.3 is 0 Å². The number of hydrogen-bond donors (Lipinski definition) is 1. The lowest BCUT2D eigenvalue weighted by Crippen LogP contribution is -2.24. The predicted molar refractivity (Wildman–Crippen MR) is 103 cm³/mol. The predicted octanol–water partition coefficient (Wildman–Crippen LogP) is 1.78. The second-order valence-electron chi connectivity index (χ2n) is 5.94. The molecule has 0 unspecified atom stereocenters. The lowest BCUT2D eigenvalue weighted by atomic mass is 10.1. The van der Waals surface area contributed by atoms with Crippen LogP contribution in [0.4, 0.5) is 5.69 Å². The molecule has 1 amide bonds. The van der Waals surface area contributed by atoms with Gasteiger partial charge in [0.25, 0.3) is 11.6 Å². The number of tetrazole rings is 1. The second-order valence-corrected chi connectivity index (χ2v) is 6.35. The molecular weight excluding hydrogens is 418 g/mol. The molecule has 2 aromatic carbocycles. The summed E-state index contributed by atoms with van der Waals surface area (Å²) >= 11 is 6.09. The van der Waals surface area contributed by atoms with E-state index >= 15 is 0 Å². The molecule has 0 fully saturated rings. The van der Waals surface area contributed by atoms with Gasteiger partial charge in [0.05, 0.1) is 27.8 Å². The minimum Gasteiger partial charge on any atom is -0.454 e. The molecule has 0 atom stereocenters. The second kappa shape index (κ2) is 8.13. The first-order valence-electron chi connectivity index (χ1n) is 8.44. The molecule has 0 spiro atoms. The van der Waals surface area contributed by atoms with Gasteiger partial charge in [0.1, 0.15) is 6.54 Å². The number of carbonyl (C=O) groups is 1. The average Bonchev–Trinajstić information content (AvgIpc) is 3.36. The SMILES string of the molecule is O=C(Cn1nnc(-c2ccccc2Cl)n1)NN=Cc1cc2c(cc1[N+](=O)[O-])OCO2. The van der Waals surface area contributed by atoms with Crippen LogP contribution in [-0.4, -0.2) is 44.0 Å². The first-order valence-corrected chi connectivity index (χ1v) is 8.81. The van der Waals surface area contributed by atoms with E-state index < -0.39 is 10.8 Å². The van der Waals surface area contributed by atoms with Gasteiger partial charge in [-0.2, -0.15) is 9.90 Å². The first kappa shape index (κ1) is 19.3. The molecule has 4 rings (SSSR count). The Bertz CT molecular complexity index is 1160. The standard InChI is InChI=1S/C17H12ClN7O5/c18-12-4-2-1-3-11(12)17-21-23-24(22-17)8-16(26)20-19-7-10-5-14-15(30-9-29-14)6-13(10)25(27)28/h1-7H,8-9H2,(H,20,26). The zero-order chi connectivity index (χ0) is 21.1. The van der Waals surface area contributed by atoms with Gasteiger partial charge in [-0.1, -0.05) is 23.7 Å². The van der Waals surface area contributed by atoms with Crippen LogP contribution >= 0.6 is 11.6 Å². The normalized spacial score (nSPS) is 12.3. The molecule has 0 radical (unpaired) electrons. The summed E-state index contributed by atoms with van der Waals surface area (Å²) < 4.78 is 10.3. The summed E-state index contributed by atoms with van der Waals surface area (Å²) in [6, 6.07) is 9.61. The summed E-state index contributed by atoms with van der Waals surface area (Å²) in [7, 11) is 0. The Kier molecular flexibility index (Phi) is 5.22. The van der Waals surface area contributed by atoms with Crippen molar-refractivity contribution >= 4 is 29.4 Å². The van der Waals surface area contributed by atoms with Crippen LogP contribution in [0.25, 0.3) is 11.4 Å². The molecule has 30 heavy (non-hydrogen) atoms. The van der Waals surface area contributed by atoms with Crippen molar-refractivity contribution in [1.82, 2.24) is 25.6 Å². The molecule has 1 aliphatic heterocycles. The highest BCUT2D eigenvalue weighted by Gasteiger charge is 2.22. The number of ether oxygens (including phenoxy) is 2. The highest BCUT2D eigenvalue weighted by Crippen LogP contribution is 2.37. The number of nitro benzene ring substituents is 1. The van der Waals surface area contributed by atoms with Crippen molar-refractivity contribution in [3.63, 3.8) is 0 Å². The highest BCUT2D eigenvalue weighted by atomic mass is 35.5. The maximum absolute atomic E-state index is 12.1. The molecule has 3 aromatic rings. The van der Waals surface area contributed by atoms with Crippen molar-refractivity contribution in [3.05, 3.63) is 57.1 Å². The van der Waals surface area contributed by atoms with E-state index in [2.05, 4.69) is 25.9 Å². The third-order valence-corrected chi connectivity index (χ3v) is 4.29. The number of halogens is 1. The minimum absolute atomic E-state index is 0.0229. The fourth-order valence-electron chi connectivity index (χ4n) is 2.61. The third-order valence-electron chi connectivity index (χ3n) is 3.96. The molecule has 13 heteroatoms. The Balaban J connectivity index is 1.42. The molecule has 152 valence electrons. The number of carbonyl (C=O) groups excluding carboxylic acids is 1. The summed E-state index contributed by atoms with van der Waals surface area (Å²) in [6.45, 7) is -0.289. The fraction of sp³-hybridized carbons (Fsp3) is 0.118. The van der Waals surface area contributed by atoms with E-state index in [9.17, 15) is 14.9 Å². The molecule has 0 aliphatic carbocycles. The Morgan fingerprint density at radius 3 is 2.87 bits per heavy atom. The van der Waals surface area contributed by atoms with Gasteiger partial charge in [-0.25, -0.2) is 5.43 Å². The number of hydrazone groups is 1. The molecule has 0 bridgehead atoms. The van der Waals surface area contributed by atoms with E-state index in [4.69, 9.17) is 21.1 Å². The lowest BCUT2D eigenvalue weighted by Gasteiger charge is -2.01. The highest BCUT2D eigenvalue weighted by molar-refractivity contribution is 6.33. The van der Waals surface area contributed by atoms with Gasteiger partial charge in [-0.3, -0.25) is 14.9 Å². The Labute approximate surface area is 173 Å². The minimum atomic E-state index is -0.583. The number of aromatic nitrogens is 4. The number of nitrogens with zero attached hydrogens (tertiary/aromatic N) is 6. The maximum Gasteiger partial charge on any atom is 0.282 e. The van der Waals surface area contributed by atoms with Crippen molar-refractivity contribution in [1.29, 1.82) is 0 Å². The lowest BCUT2D eigenvalue weighted by molar-refractivity contribution is -0.385.